The summed E-state index contributed by atoms with van der Waals surface area (Å²) in [6, 6.07) is 15.3. The molecule has 0 N–H and O–H groups in total. The van der Waals surface area contributed by atoms with E-state index in [2.05, 4.69) is 4.98 Å². The van der Waals surface area contributed by atoms with Crippen molar-refractivity contribution in [3.8, 4) is 0 Å². The largest absolute Gasteiger partial charge is 0.465 e. The van der Waals surface area contributed by atoms with Gasteiger partial charge in [0, 0.05) is 0 Å². The molecule has 5 nitrogen and oxygen atoms in total. The summed E-state index contributed by atoms with van der Waals surface area (Å²) in [5.74, 6) is -0.200. The number of carbonyl (C=O) groups excluding carboxylic acids is 1. The Kier molecular flexibility index (Phi) is 5.73. The summed E-state index contributed by atoms with van der Waals surface area (Å²) in [5.41, 5.74) is 2.67. The van der Waals surface area contributed by atoms with E-state index in [9.17, 15) is 9.59 Å². The lowest BCUT2D eigenvalue weighted by atomic mass is 10.1. The van der Waals surface area contributed by atoms with E-state index in [0.29, 0.717) is 29.2 Å². The van der Waals surface area contributed by atoms with Gasteiger partial charge in [-0.1, -0.05) is 53.7 Å². The number of hydrogen-bond donors (Lipinski definition) is 0. The molecule has 0 fully saturated rings. The van der Waals surface area contributed by atoms with Crippen molar-refractivity contribution in [3.63, 3.8) is 0 Å². The second-order valence-corrected chi connectivity index (χ2v) is 6.83. The summed E-state index contributed by atoms with van der Waals surface area (Å²) in [4.78, 5) is 29.3. The van der Waals surface area contributed by atoms with Crippen LogP contribution in [0.5, 0.6) is 0 Å². The van der Waals surface area contributed by atoms with Gasteiger partial charge in [-0.15, -0.1) is 0 Å². The Balaban J connectivity index is 2.02. The number of esters is 1. The fourth-order valence-electron chi connectivity index (χ4n) is 2.72. The summed E-state index contributed by atoms with van der Waals surface area (Å²) >= 11 is 1.22. The van der Waals surface area contributed by atoms with Crippen molar-refractivity contribution < 1.29 is 9.53 Å². The summed E-state index contributed by atoms with van der Waals surface area (Å²) in [5, 5.41) is 1.09. The van der Waals surface area contributed by atoms with Crippen molar-refractivity contribution in [1.29, 1.82) is 0 Å². The number of hydrogen-bond acceptors (Lipinski definition) is 5. The Morgan fingerprint density at radius 3 is 2.77 bits per heavy atom. The molecule has 0 aliphatic heterocycles. The van der Waals surface area contributed by atoms with Crippen LogP contribution in [0.4, 0.5) is 0 Å². The van der Waals surface area contributed by atoms with Gasteiger partial charge in [-0.2, -0.15) is 0 Å². The Hall–Kier alpha value is -2.60. The molecule has 3 aromatic rings. The van der Waals surface area contributed by atoms with E-state index in [4.69, 9.17) is 4.74 Å². The van der Waals surface area contributed by atoms with Gasteiger partial charge in [-0.3, -0.25) is 14.2 Å². The molecule has 6 heteroatoms. The molecule has 0 saturated carbocycles. The molecular weight excluding hydrogens is 348 g/mol. The first-order valence-corrected chi connectivity index (χ1v) is 9.40. The van der Waals surface area contributed by atoms with E-state index in [-0.39, 0.29) is 17.3 Å². The first kappa shape index (κ1) is 18.2. The van der Waals surface area contributed by atoms with Gasteiger partial charge in [0.1, 0.15) is 0 Å². The minimum absolute atomic E-state index is 0.108. The van der Waals surface area contributed by atoms with Crippen LogP contribution in [0.25, 0.3) is 10.9 Å². The van der Waals surface area contributed by atoms with E-state index in [1.54, 1.807) is 17.6 Å². The molecule has 1 heterocycles. The maximum Gasteiger partial charge on any atom is 0.316 e. The van der Waals surface area contributed by atoms with Crippen LogP contribution in [0, 0.1) is 6.92 Å². The van der Waals surface area contributed by atoms with Gasteiger partial charge < -0.3 is 4.74 Å². The summed E-state index contributed by atoms with van der Waals surface area (Å²) < 4.78 is 6.61. The lowest BCUT2D eigenvalue weighted by Crippen LogP contribution is -2.24. The van der Waals surface area contributed by atoms with E-state index in [1.807, 2.05) is 49.4 Å². The van der Waals surface area contributed by atoms with Crippen molar-refractivity contribution in [2.75, 3.05) is 12.4 Å². The lowest BCUT2D eigenvalue weighted by molar-refractivity contribution is -0.139. The van der Waals surface area contributed by atoms with Crippen LogP contribution in [0.15, 0.2) is 58.5 Å². The van der Waals surface area contributed by atoms with E-state index >= 15 is 0 Å². The predicted molar refractivity (Wildman–Crippen MR) is 104 cm³/mol. The van der Waals surface area contributed by atoms with Gasteiger partial charge in [0.25, 0.3) is 5.56 Å². The van der Waals surface area contributed by atoms with Gasteiger partial charge in [0.05, 0.1) is 29.8 Å². The molecule has 26 heavy (non-hydrogen) atoms. The van der Waals surface area contributed by atoms with Crippen molar-refractivity contribution in [1.82, 2.24) is 9.55 Å². The Morgan fingerprint density at radius 2 is 2.00 bits per heavy atom. The van der Waals surface area contributed by atoms with Gasteiger partial charge >= 0.3 is 5.97 Å². The lowest BCUT2D eigenvalue weighted by Gasteiger charge is -2.13. The maximum atomic E-state index is 13.0. The fraction of sp³-hybridized carbons (Fsp3) is 0.250. The highest BCUT2D eigenvalue weighted by molar-refractivity contribution is 7.99. The van der Waals surface area contributed by atoms with Crippen LogP contribution in [-0.4, -0.2) is 27.9 Å². The number of para-hydroxylation sites is 1. The Bertz CT molecular complexity index is 998. The fourth-order valence-corrected chi connectivity index (χ4v) is 3.51. The first-order chi connectivity index (χ1) is 12.6. The standard InChI is InChI=1S/C20H20N2O3S/c1-3-25-18(23)13-26-20-21-17-10-5-4-9-16(17)19(24)22(20)12-15-8-6-7-14(2)11-15/h4-11H,3,12-13H2,1-2H3. The molecular formula is C20H20N2O3S. The maximum absolute atomic E-state index is 13.0. The molecule has 0 unspecified atom stereocenters. The van der Waals surface area contributed by atoms with E-state index in [0.717, 1.165) is 11.1 Å². The number of aryl methyl sites for hydroxylation is 1. The minimum Gasteiger partial charge on any atom is -0.465 e. The summed E-state index contributed by atoms with van der Waals surface area (Å²) in [6.45, 7) is 4.52. The van der Waals surface area contributed by atoms with Crippen LogP contribution in [-0.2, 0) is 16.1 Å². The smallest absolute Gasteiger partial charge is 0.316 e. The minimum atomic E-state index is -0.318. The van der Waals surface area contributed by atoms with Crippen LogP contribution < -0.4 is 5.56 Å². The number of nitrogens with zero attached hydrogens (tertiary/aromatic N) is 2. The second kappa shape index (κ2) is 8.19. The van der Waals surface area contributed by atoms with Crippen LogP contribution in [0.1, 0.15) is 18.1 Å². The monoisotopic (exact) mass is 368 g/mol. The van der Waals surface area contributed by atoms with Gasteiger partial charge in [0.2, 0.25) is 0 Å². The molecule has 2 aromatic carbocycles. The Labute approximate surface area is 156 Å². The second-order valence-electron chi connectivity index (χ2n) is 5.89. The zero-order chi connectivity index (χ0) is 18.5. The number of thioether (sulfide) groups is 1. The van der Waals surface area contributed by atoms with Crippen LogP contribution >= 0.6 is 11.8 Å². The number of benzene rings is 2. The van der Waals surface area contributed by atoms with Crippen molar-refractivity contribution in [2.24, 2.45) is 0 Å². The van der Waals surface area contributed by atoms with Crippen molar-refractivity contribution >= 4 is 28.6 Å². The summed E-state index contributed by atoms with van der Waals surface area (Å²) in [7, 11) is 0. The predicted octanol–water partition coefficient (Wildman–Crippen LogP) is 3.41. The van der Waals surface area contributed by atoms with Gasteiger partial charge in [0.15, 0.2) is 5.16 Å². The van der Waals surface area contributed by atoms with Crippen molar-refractivity contribution in [2.45, 2.75) is 25.5 Å². The molecule has 0 atom stereocenters. The highest BCUT2D eigenvalue weighted by Crippen LogP contribution is 2.19. The molecule has 134 valence electrons. The van der Waals surface area contributed by atoms with Gasteiger partial charge in [-0.25, -0.2) is 4.98 Å². The molecule has 0 saturated heterocycles. The zero-order valence-electron chi connectivity index (χ0n) is 14.8. The summed E-state index contributed by atoms with van der Waals surface area (Å²) in [6.07, 6.45) is 0. The third kappa shape index (κ3) is 4.14. The average molecular weight is 368 g/mol. The topological polar surface area (TPSA) is 61.2 Å². The van der Waals surface area contributed by atoms with Crippen molar-refractivity contribution in [3.05, 3.63) is 70.0 Å². The normalized spacial score (nSPS) is 10.8. The quantitative estimate of drug-likeness (QED) is 0.379. The SMILES string of the molecule is CCOC(=O)CSc1nc2ccccc2c(=O)n1Cc1cccc(C)c1. The molecule has 0 amide bonds. The van der Waals surface area contributed by atoms with E-state index < -0.39 is 0 Å². The number of rotatable bonds is 6. The number of fused-ring (bicyclic) bond motifs is 1. The third-order valence-electron chi connectivity index (χ3n) is 3.87. The third-order valence-corrected chi connectivity index (χ3v) is 4.82. The number of carbonyl (C=O) groups is 1. The number of ether oxygens (including phenoxy) is 1. The van der Waals surface area contributed by atoms with E-state index in [1.165, 1.54) is 11.8 Å². The number of aromatic nitrogens is 2. The molecule has 0 spiro atoms. The Morgan fingerprint density at radius 1 is 1.19 bits per heavy atom. The molecule has 3 rings (SSSR count). The van der Waals surface area contributed by atoms with Gasteiger partial charge in [-0.05, 0) is 31.5 Å². The molecule has 0 aliphatic carbocycles. The molecule has 0 aliphatic rings. The average Bonchev–Trinajstić information content (AvgIpc) is 2.63. The molecule has 1 aromatic heterocycles. The van der Waals surface area contributed by atoms with Crippen LogP contribution in [0.2, 0.25) is 0 Å². The highest BCUT2D eigenvalue weighted by atomic mass is 32.2. The molecule has 0 radical (unpaired) electrons. The molecule has 0 bridgehead atoms. The zero-order valence-corrected chi connectivity index (χ0v) is 15.6. The first-order valence-electron chi connectivity index (χ1n) is 8.42. The van der Waals surface area contributed by atoms with Crippen LogP contribution in [0.3, 0.4) is 0 Å². The highest BCUT2D eigenvalue weighted by Gasteiger charge is 2.14.